The van der Waals surface area contributed by atoms with Crippen molar-refractivity contribution in [3.05, 3.63) is 11.1 Å². The number of nitrogens with one attached hydrogen (secondary N) is 1. The molecule has 12 heavy (non-hydrogen) atoms. The second-order valence-electron chi connectivity index (χ2n) is 2.04. The quantitative estimate of drug-likeness (QED) is 0.548. The molecule has 0 unspecified atom stereocenters. The maximum atomic E-state index is 11.0. The molecular formula is C5H6N2O4S. The molecule has 0 bridgehead atoms. The van der Waals surface area contributed by atoms with Crippen molar-refractivity contribution < 1.29 is 18.3 Å². The van der Waals surface area contributed by atoms with Crippen LogP contribution in [0.25, 0.3) is 0 Å². The molecule has 0 aromatic heterocycles. The number of nitrogens with zero attached hydrogens (tertiary/aromatic N) is 1. The maximum absolute atomic E-state index is 11.0. The molecule has 0 saturated carbocycles. The van der Waals surface area contributed by atoms with Crippen LogP contribution < -0.4 is 5.32 Å². The molecule has 0 radical (unpaired) electrons. The van der Waals surface area contributed by atoms with Crippen LogP contribution in [0.2, 0.25) is 0 Å². The Morgan fingerprint density at radius 1 is 1.67 bits per heavy atom. The number of hydrogen-bond acceptors (Lipinski definition) is 4. The molecule has 0 fully saturated rings. The summed E-state index contributed by atoms with van der Waals surface area (Å²) in [6.07, 6.45) is 0. The second-order valence-corrected chi connectivity index (χ2v) is 3.75. The van der Waals surface area contributed by atoms with Gasteiger partial charge >= 0.3 is 5.97 Å². The number of aliphatic imine (C=N–C) groups is 1. The summed E-state index contributed by atoms with van der Waals surface area (Å²) in [7, 11) is -2.37. The predicted molar refractivity (Wildman–Crippen MR) is 41.1 cm³/mol. The Kier molecular flexibility index (Phi) is 1.89. The molecule has 1 aliphatic rings. The third-order valence-electron chi connectivity index (χ3n) is 1.22. The van der Waals surface area contributed by atoms with Crippen LogP contribution in [0.5, 0.6) is 0 Å². The summed E-state index contributed by atoms with van der Waals surface area (Å²) in [5, 5.41) is 10.9. The van der Waals surface area contributed by atoms with E-state index in [2.05, 4.69) is 10.3 Å². The van der Waals surface area contributed by atoms with E-state index in [1.54, 1.807) is 0 Å². The summed E-state index contributed by atoms with van der Waals surface area (Å²) in [5.41, 5.74) is -0.379. The average Bonchev–Trinajstić information content (AvgIpc) is 2.25. The normalized spacial score (nSPS) is 23.4. The van der Waals surface area contributed by atoms with Gasteiger partial charge in [-0.25, -0.2) is 13.2 Å². The van der Waals surface area contributed by atoms with Crippen molar-refractivity contribution in [3.8, 4) is 0 Å². The number of rotatable bonds is 1. The summed E-state index contributed by atoms with van der Waals surface area (Å²) >= 11 is 0. The molecule has 0 amide bonds. The Hall–Kier alpha value is -1.37. The van der Waals surface area contributed by atoms with E-state index in [1.165, 1.54) is 7.05 Å². The Morgan fingerprint density at radius 2 is 2.25 bits per heavy atom. The fraction of sp³-hybridized carbons (Fsp3) is 0.200. The SMILES string of the molecule is CN=C1NC(C(=O)O)=CS1(=O)=O. The number of hydrogen-bond donors (Lipinski definition) is 2. The molecule has 0 atom stereocenters. The maximum Gasteiger partial charge on any atom is 0.353 e. The first kappa shape index (κ1) is 8.72. The van der Waals surface area contributed by atoms with Gasteiger partial charge in [0.1, 0.15) is 5.70 Å². The Balaban J connectivity index is 3.15. The molecule has 2 N–H and O–H groups in total. The first-order valence-corrected chi connectivity index (χ1v) is 4.46. The van der Waals surface area contributed by atoms with E-state index >= 15 is 0 Å². The molecule has 1 aliphatic heterocycles. The van der Waals surface area contributed by atoms with E-state index in [9.17, 15) is 13.2 Å². The van der Waals surface area contributed by atoms with Crippen molar-refractivity contribution in [3.63, 3.8) is 0 Å². The molecule has 0 saturated heterocycles. The molecule has 0 spiro atoms. The fourth-order valence-corrected chi connectivity index (χ4v) is 1.80. The van der Waals surface area contributed by atoms with Gasteiger partial charge in [-0.05, 0) is 0 Å². The van der Waals surface area contributed by atoms with Crippen LogP contribution in [0.1, 0.15) is 0 Å². The van der Waals surface area contributed by atoms with Gasteiger partial charge in [0.25, 0.3) is 0 Å². The first-order chi connectivity index (χ1) is 5.47. The lowest BCUT2D eigenvalue weighted by Gasteiger charge is -1.95. The van der Waals surface area contributed by atoms with E-state index in [4.69, 9.17) is 5.11 Å². The minimum Gasteiger partial charge on any atom is -0.477 e. The summed E-state index contributed by atoms with van der Waals surface area (Å²) in [6, 6.07) is 0. The molecule has 7 heteroatoms. The molecule has 66 valence electrons. The molecule has 6 nitrogen and oxygen atoms in total. The Labute approximate surface area is 68.5 Å². The molecular weight excluding hydrogens is 184 g/mol. The number of carboxylic acids is 1. The van der Waals surface area contributed by atoms with Crippen molar-refractivity contribution >= 4 is 21.0 Å². The van der Waals surface area contributed by atoms with Crippen molar-refractivity contribution in [2.24, 2.45) is 4.99 Å². The van der Waals surface area contributed by atoms with Crippen LogP contribution in [0, 0.1) is 0 Å². The van der Waals surface area contributed by atoms with Crippen LogP contribution in [-0.4, -0.2) is 31.7 Å². The average molecular weight is 190 g/mol. The third-order valence-corrected chi connectivity index (χ3v) is 2.59. The first-order valence-electron chi connectivity index (χ1n) is 2.91. The molecule has 0 aliphatic carbocycles. The Morgan fingerprint density at radius 3 is 2.50 bits per heavy atom. The number of carboxylic acid groups (broad SMARTS) is 1. The van der Waals surface area contributed by atoms with Gasteiger partial charge in [-0.15, -0.1) is 0 Å². The smallest absolute Gasteiger partial charge is 0.353 e. The zero-order chi connectivity index (χ0) is 9.35. The van der Waals surface area contributed by atoms with Gasteiger partial charge in [-0.3, -0.25) is 4.99 Å². The van der Waals surface area contributed by atoms with Crippen LogP contribution in [0.4, 0.5) is 0 Å². The van der Waals surface area contributed by atoms with Crippen molar-refractivity contribution in [2.45, 2.75) is 0 Å². The van der Waals surface area contributed by atoms with Crippen molar-refractivity contribution in [2.75, 3.05) is 7.05 Å². The lowest BCUT2D eigenvalue weighted by atomic mass is 10.5. The summed E-state index contributed by atoms with van der Waals surface area (Å²) in [4.78, 5) is 13.7. The largest absolute Gasteiger partial charge is 0.477 e. The summed E-state index contributed by atoms with van der Waals surface area (Å²) in [5.74, 6) is -1.32. The zero-order valence-electron chi connectivity index (χ0n) is 6.10. The van der Waals surface area contributed by atoms with Gasteiger partial charge in [0.15, 0.2) is 0 Å². The number of carbonyl (C=O) groups is 1. The molecule has 1 rings (SSSR count). The van der Waals surface area contributed by atoms with E-state index in [-0.39, 0.29) is 10.9 Å². The molecule has 1 heterocycles. The predicted octanol–water partition coefficient (Wildman–Crippen LogP) is -1.08. The van der Waals surface area contributed by atoms with Crippen LogP contribution in [0.3, 0.4) is 0 Å². The van der Waals surface area contributed by atoms with Crippen LogP contribution >= 0.6 is 0 Å². The van der Waals surface area contributed by atoms with Crippen molar-refractivity contribution in [1.82, 2.24) is 5.32 Å². The monoisotopic (exact) mass is 190 g/mol. The summed E-state index contributed by atoms with van der Waals surface area (Å²) in [6.45, 7) is 0. The minimum atomic E-state index is -3.64. The van der Waals surface area contributed by atoms with E-state index in [0.29, 0.717) is 5.41 Å². The fourth-order valence-electron chi connectivity index (χ4n) is 0.714. The minimum absolute atomic E-state index is 0.333. The number of aliphatic carboxylic acids is 1. The van der Waals surface area contributed by atoms with Gasteiger partial charge in [0.05, 0.1) is 5.41 Å². The lowest BCUT2D eigenvalue weighted by Crippen LogP contribution is -2.24. The lowest BCUT2D eigenvalue weighted by molar-refractivity contribution is -0.132. The van der Waals surface area contributed by atoms with Gasteiger partial charge in [-0.1, -0.05) is 0 Å². The third kappa shape index (κ3) is 1.30. The second kappa shape index (κ2) is 2.59. The standard InChI is InChI=1S/C5H6N2O4S/c1-6-5-7-3(4(8)9)2-12(5,10)11/h2H,1H3,(H,6,7)(H,8,9). The topological polar surface area (TPSA) is 95.8 Å². The summed E-state index contributed by atoms with van der Waals surface area (Å²) < 4.78 is 21.9. The number of amidine groups is 1. The molecule has 0 aromatic rings. The van der Waals surface area contributed by atoms with Gasteiger partial charge < -0.3 is 10.4 Å². The van der Waals surface area contributed by atoms with Crippen LogP contribution in [0.15, 0.2) is 16.1 Å². The van der Waals surface area contributed by atoms with Gasteiger partial charge in [0.2, 0.25) is 15.0 Å². The van der Waals surface area contributed by atoms with Gasteiger partial charge in [0, 0.05) is 7.05 Å². The van der Waals surface area contributed by atoms with E-state index < -0.39 is 15.8 Å². The van der Waals surface area contributed by atoms with Gasteiger partial charge in [-0.2, -0.15) is 0 Å². The highest BCUT2D eigenvalue weighted by molar-refractivity contribution is 8.09. The highest BCUT2D eigenvalue weighted by Gasteiger charge is 2.29. The molecule has 0 aromatic carbocycles. The van der Waals surface area contributed by atoms with E-state index in [0.717, 1.165) is 0 Å². The number of sulfone groups is 1. The van der Waals surface area contributed by atoms with E-state index in [1.807, 2.05) is 0 Å². The zero-order valence-corrected chi connectivity index (χ0v) is 6.92. The highest BCUT2D eigenvalue weighted by Crippen LogP contribution is 2.08. The Bertz CT molecular complexity index is 378. The highest BCUT2D eigenvalue weighted by atomic mass is 32.2. The van der Waals surface area contributed by atoms with Crippen LogP contribution in [-0.2, 0) is 14.6 Å². The van der Waals surface area contributed by atoms with Crippen molar-refractivity contribution in [1.29, 1.82) is 0 Å².